The van der Waals surface area contributed by atoms with Gasteiger partial charge in [0.15, 0.2) is 0 Å². The van der Waals surface area contributed by atoms with Gasteiger partial charge in [0.2, 0.25) is 0 Å². The molecule has 2 aromatic carbocycles. The molecule has 3 rings (SSSR count). The second-order valence-electron chi connectivity index (χ2n) is 4.52. The van der Waals surface area contributed by atoms with Gasteiger partial charge < -0.3 is 0 Å². The molecular weight excluding hydrogens is 268 g/mol. The zero-order valence-corrected chi connectivity index (χ0v) is 11.6. The quantitative estimate of drug-likeness (QED) is 0.665. The van der Waals surface area contributed by atoms with E-state index in [1.807, 2.05) is 48.5 Å². The van der Waals surface area contributed by atoms with Crippen LogP contribution in [0.1, 0.15) is 11.4 Å². The van der Waals surface area contributed by atoms with Crippen molar-refractivity contribution in [2.75, 3.05) is 0 Å². The van der Waals surface area contributed by atoms with Crippen LogP contribution in [0, 0.1) is 0 Å². The molecule has 0 spiro atoms. The van der Waals surface area contributed by atoms with Crippen LogP contribution in [0.15, 0.2) is 66.7 Å². The average Bonchev–Trinajstić information content (AvgIpc) is 2.49. The summed E-state index contributed by atoms with van der Waals surface area (Å²) in [5, 5.41) is 0.477. The summed E-state index contributed by atoms with van der Waals surface area (Å²) in [5.41, 5.74) is 3.08. The maximum atomic E-state index is 6.12. The number of hydrogen-bond acceptors (Lipinski definition) is 2. The van der Waals surface area contributed by atoms with E-state index in [4.69, 9.17) is 11.6 Å². The van der Waals surface area contributed by atoms with Crippen molar-refractivity contribution in [2.45, 2.75) is 6.42 Å². The minimum absolute atomic E-state index is 0.477. The molecule has 3 aromatic rings. The monoisotopic (exact) mass is 280 g/mol. The number of benzene rings is 2. The van der Waals surface area contributed by atoms with Crippen molar-refractivity contribution in [3.8, 4) is 11.3 Å². The summed E-state index contributed by atoms with van der Waals surface area (Å²) in [6, 6.07) is 21.9. The van der Waals surface area contributed by atoms with Gasteiger partial charge >= 0.3 is 0 Å². The number of nitrogens with zero attached hydrogens (tertiary/aromatic N) is 2. The smallest absolute Gasteiger partial charge is 0.135 e. The highest BCUT2D eigenvalue weighted by Gasteiger charge is 2.06. The maximum absolute atomic E-state index is 6.12. The van der Waals surface area contributed by atoms with Crippen molar-refractivity contribution in [3.05, 3.63) is 83.3 Å². The van der Waals surface area contributed by atoms with E-state index < -0.39 is 0 Å². The molecule has 1 heterocycles. The lowest BCUT2D eigenvalue weighted by atomic mass is 10.1. The van der Waals surface area contributed by atoms with E-state index in [1.54, 1.807) is 6.07 Å². The van der Waals surface area contributed by atoms with Gasteiger partial charge in [-0.25, -0.2) is 9.97 Å². The second kappa shape index (κ2) is 5.85. The molecule has 0 aliphatic carbocycles. The van der Waals surface area contributed by atoms with Gasteiger partial charge in [-0.15, -0.1) is 0 Å². The Morgan fingerprint density at radius 2 is 1.45 bits per heavy atom. The molecule has 98 valence electrons. The fourth-order valence-electron chi connectivity index (χ4n) is 2.08. The van der Waals surface area contributed by atoms with E-state index in [0.717, 1.165) is 17.1 Å². The molecule has 20 heavy (non-hydrogen) atoms. The summed E-state index contributed by atoms with van der Waals surface area (Å²) in [5.74, 6) is 0.738. The van der Waals surface area contributed by atoms with Gasteiger partial charge in [0.05, 0.1) is 5.69 Å². The molecule has 0 N–H and O–H groups in total. The maximum Gasteiger partial charge on any atom is 0.135 e. The van der Waals surface area contributed by atoms with Gasteiger partial charge in [0.25, 0.3) is 0 Å². The Morgan fingerprint density at radius 3 is 2.15 bits per heavy atom. The van der Waals surface area contributed by atoms with Crippen LogP contribution < -0.4 is 0 Å². The van der Waals surface area contributed by atoms with Crippen molar-refractivity contribution >= 4 is 11.6 Å². The molecule has 0 unspecified atom stereocenters. The van der Waals surface area contributed by atoms with Crippen molar-refractivity contribution in [3.63, 3.8) is 0 Å². The predicted molar refractivity (Wildman–Crippen MR) is 81.7 cm³/mol. The fourth-order valence-corrected chi connectivity index (χ4v) is 2.28. The van der Waals surface area contributed by atoms with E-state index in [0.29, 0.717) is 11.6 Å². The zero-order valence-electron chi connectivity index (χ0n) is 10.8. The number of halogens is 1. The van der Waals surface area contributed by atoms with Crippen molar-refractivity contribution in [1.82, 2.24) is 9.97 Å². The van der Waals surface area contributed by atoms with Crippen LogP contribution >= 0.6 is 11.6 Å². The number of aromatic nitrogens is 2. The molecule has 2 nitrogen and oxygen atoms in total. The molecule has 3 heteroatoms. The Kier molecular flexibility index (Phi) is 3.75. The molecule has 0 saturated carbocycles. The van der Waals surface area contributed by atoms with E-state index in [2.05, 4.69) is 22.1 Å². The minimum atomic E-state index is 0.477. The molecule has 0 saturated heterocycles. The van der Waals surface area contributed by atoms with E-state index in [-0.39, 0.29) is 0 Å². The Morgan fingerprint density at radius 1 is 0.800 bits per heavy atom. The third-order valence-electron chi connectivity index (χ3n) is 3.02. The molecule has 0 bridgehead atoms. The van der Waals surface area contributed by atoms with Crippen molar-refractivity contribution < 1.29 is 0 Å². The summed E-state index contributed by atoms with van der Waals surface area (Å²) < 4.78 is 0. The number of rotatable bonds is 3. The molecule has 0 atom stereocenters. The summed E-state index contributed by atoms with van der Waals surface area (Å²) in [6.07, 6.45) is 0.682. The molecular formula is C17H13ClN2. The summed E-state index contributed by atoms with van der Waals surface area (Å²) in [7, 11) is 0. The summed E-state index contributed by atoms with van der Waals surface area (Å²) in [6.45, 7) is 0. The van der Waals surface area contributed by atoms with Crippen LogP contribution in [0.25, 0.3) is 11.3 Å². The first-order chi connectivity index (χ1) is 9.81. The molecule has 0 aliphatic rings. The third-order valence-corrected chi connectivity index (χ3v) is 3.21. The highest BCUT2D eigenvalue weighted by molar-refractivity contribution is 6.29. The Bertz CT molecular complexity index is 697. The van der Waals surface area contributed by atoms with Gasteiger partial charge in [0, 0.05) is 18.1 Å². The Balaban J connectivity index is 1.95. The lowest BCUT2D eigenvalue weighted by Gasteiger charge is -2.05. The van der Waals surface area contributed by atoms with E-state index in [9.17, 15) is 0 Å². The standard InChI is InChI=1S/C17H13ClN2/c18-16-12-15(14-9-5-2-6-10-14)19-17(20-16)11-13-7-3-1-4-8-13/h1-10,12H,11H2. The normalized spacial score (nSPS) is 10.4. The van der Waals surface area contributed by atoms with Gasteiger partial charge in [-0.1, -0.05) is 72.3 Å². The van der Waals surface area contributed by atoms with E-state index in [1.165, 1.54) is 5.56 Å². The SMILES string of the molecule is Clc1cc(-c2ccccc2)nc(Cc2ccccc2)n1. The first-order valence-corrected chi connectivity index (χ1v) is 6.82. The molecule has 1 aromatic heterocycles. The van der Waals surface area contributed by atoms with Gasteiger partial charge in [-0.05, 0) is 5.56 Å². The van der Waals surface area contributed by atoms with Gasteiger partial charge in [-0.2, -0.15) is 0 Å². The minimum Gasteiger partial charge on any atom is -0.232 e. The highest BCUT2D eigenvalue weighted by Crippen LogP contribution is 2.20. The number of hydrogen-bond donors (Lipinski definition) is 0. The van der Waals surface area contributed by atoms with Crippen LogP contribution in [0.3, 0.4) is 0 Å². The molecule has 0 aliphatic heterocycles. The average molecular weight is 281 g/mol. The van der Waals surface area contributed by atoms with Gasteiger partial charge in [0.1, 0.15) is 11.0 Å². The lowest BCUT2D eigenvalue weighted by molar-refractivity contribution is 0.972. The summed E-state index contributed by atoms with van der Waals surface area (Å²) >= 11 is 6.12. The van der Waals surface area contributed by atoms with Crippen LogP contribution in [-0.2, 0) is 6.42 Å². The largest absolute Gasteiger partial charge is 0.232 e. The summed E-state index contributed by atoms with van der Waals surface area (Å²) in [4.78, 5) is 8.91. The van der Waals surface area contributed by atoms with Crippen LogP contribution in [0.2, 0.25) is 5.15 Å². The molecule has 0 amide bonds. The van der Waals surface area contributed by atoms with Gasteiger partial charge in [-0.3, -0.25) is 0 Å². The molecule has 0 fully saturated rings. The van der Waals surface area contributed by atoms with E-state index >= 15 is 0 Å². The van der Waals surface area contributed by atoms with Crippen LogP contribution in [0.4, 0.5) is 0 Å². The van der Waals surface area contributed by atoms with Crippen LogP contribution in [0.5, 0.6) is 0 Å². The zero-order chi connectivity index (χ0) is 13.8. The Hall–Kier alpha value is -2.19. The predicted octanol–water partition coefficient (Wildman–Crippen LogP) is 4.39. The fraction of sp³-hybridized carbons (Fsp3) is 0.0588. The van der Waals surface area contributed by atoms with Crippen molar-refractivity contribution in [1.29, 1.82) is 0 Å². The Labute approximate surface area is 123 Å². The second-order valence-corrected chi connectivity index (χ2v) is 4.91. The van der Waals surface area contributed by atoms with Crippen LogP contribution in [-0.4, -0.2) is 9.97 Å². The highest BCUT2D eigenvalue weighted by atomic mass is 35.5. The van der Waals surface area contributed by atoms with Crippen molar-refractivity contribution in [2.24, 2.45) is 0 Å². The lowest BCUT2D eigenvalue weighted by Crippen LogP contribution is -1.98. The topological polar surface area (TPSA) is 25.8 Å². The molecule has 0 radical (unpaired) electrons. The first kappa shape index (κ1) is 12.8. The third kappa shape index (κ3) is 3.03. The first-order valence-electron chi connectivity index (χ1n) is 6.44.